The average Bonchev–Trinajstić information content (AvgIpc) is 3.35. The summed E-state index contributed by atoms with van der Waals surface area (Å²) in [5.74, 6) is 2.56. The maximum Gasteiger partial charge on any atom is 0.223 e. The molecule has 1 amide bonds. The van der Waals surface area contributed by atoms with Crippen LogP contribution in [0.4, 0.5) is 0 Å². The van der Waals surface area contributed by atoms with E-state index in [4.69, 9.17) is 14.5 Å². The third-order valence-electron chi connectivity index (χ3n) is 5.73. The quantitative estimate of drug-likeness (QED) is 0.463. The molecule has 1 unspecified atom stereocenters. The Morgan fingerprint density at radius 1 is 1.22 bits per heavy atom. The Morgan fingerprint density at radius 3 is 2.84 bits per heavy atom. The van der Waals surface area contributed by atoms with Crippen molar-refractivity contribution in [2.24, 2.45) is 0 Å². The summed E-state index contributed by atoms with van der Waals surface area (Å²) in [6.45, 7) is 8.07. The van der Waals surface area contributed by atoms with E-state index in [0.717, 1.165) is 22.4 Å². The van der Waals surface area contributed by atoms with Crippen molar-refractivity contribution in [3.05, 3.63) is 72.6 Å². The van der Waals surface area contributed by atoms with Gasteiger partial charge in [0.1, 0.15) is 12.4 Å². The van der Waals surface area contributed by atoms with E-state index in [0.29, 0.717) is 44.2 Å². The molecule has 0 radical (unpaired) electrons. The molecule has 166 valence electrons. The van der Waals surface area contributed by atoms with Crippen LogP contribution in [0.3, 0.4) is 0 Å². The zero-order chi connectivity index (χ0) is 22.5. The highest BCUT2D eigenvalue weighted by Gasteiger charge is 2.33. The van der Waals surface area contributed by atoms with Crippen LogP contribution in [0.1, 0.15) is 30.7 Å². The summed E-state index contributed by atoms with van der Waals surface area (Å²) in [5.41, 5.74) is 3.05. The number of benzene rings is 2. The molecule has 1 aliphatic heterocycles. The number of fused-ring (bicyclic) bond motifs is 1. The molecule has 4 rings (SSSR count). The molecule has 2 aromatic carbocycles. The van der Waals surface area contributed by atoms with Crippen LogP contribution in [-0.4, -0.2) is 47.2 Å². The SMILES string of the molecule is C=CCN1CC(c2nc3ccccc3n2CCOc2ccc(/C=C\C)cc2OC)CC1=O. The Labute approximate surface area is 188 Å². The maximum atomic E-state index is 12.4. The lowest BCUT2D eigenvalue weighted by Crippen LogP contribution is -2.25. The molecular formula is C26H29N3O3. The highest BCUT2D eigenvalue weighted by Crippen LogP contribution is 2.31. The van der Waals surface area contributed by atoms with Gasteiger partial charge in [-0.2, -0.15) is 0 Å². The highest BCUT2D eigenvalue weighted by atomic mass is 16.5. The molecule has 1 aliphatic rings. The first-order chi connectivity index (χ1) is 15.6. The second-order valence-electron chi connectivity index (χ2n) is 7.86. The molecule has 0 spiro atoms. The normalized spacial score (nSPS) is 16.2. The highest BCUT2D eigenvalue weighted by molar-refractivity contribution is 5.81. The summed E-state index contributed by atoms with van der Waals surface area (Å²) in [5, 5.41) is 0. The molecule has 6 heteroatoms. The minimum atomic E-state index is 0.0597. The van der Waals surface area contributed by atoms with Crippen molar-refractivity contribution in [2.45, 2.75) is 25.8 Å². The fourth-order valence-corrected chi connectivity index (χ4v) is 4.26. The summed E-state index contributed by atoms with van der Waals surface area (Å²) in [4.78, 5) is 19.1. The third kappa shape index (κ3) is 4.40. The van der Waals surface area contributed by atoms with Gasteiger partial charge in [-0.05, 0) is 36.8 Å². The number of para-hydroxylation sites is 2. The van der Waals surface area contributed by atoms with E-state index < -0.39 is 0 Å². The van der Waals surface area contributed by atoms with Crippen molar-refractivity contribution in [2.75, 3.05) is 26.8 Å². The van der Waals surface area contributed by atoms with Crippen molar-refractivity contribution < 1.29 is 14.3 Å². The molecular weight excluding hydrogens is 402 g/mol. The van der Waals surface area contributed by atoms with Crippen LogP contribution in [0, 0.1) is 0 Å². The molecule has 3 aromatic rings. The fraction of sp³-hybridized carbons (Fsp3) is 0.308. The number of hydrogen-bond donors (Lipinski definition) is 0. The number of carbonyl (C=O) groups is 1. The van der Waals surface area contributed by atoms with Gasteiger partial charge in [0.15, 0.2) is 11.5 Å². The summed E-state index contributed by atoms with van der Waals surface area (Å²) < 4.78 is 13.8. The number of ether oxygens (including phenoxy) is 2. The number of likely N-dealkylation sites (tertiary alicyclic amines) is 1. The molecule has 2 heterocycles. The van der Waals surface area contributed by atoms with Crippen LogP contribution < -0.4 is 9.47 Å². The number of carbonyl (C=O) groups excluding carboxylic acids is 1. The number of hydrogen-bond acceptors (Lipinski definition) is 4. The van der Waals surface area contributed by atoms with Gasteiger partial charge in [-0.3, -0.25) is 4.79 Å². The van der Waals surface area contributed by atoms with Crippen LogP contribution in [0.15, 0.2) is 61.2 Å². The number of nitrogens with zero attached hydrogens (tertiary/aromatic N) is 3. The zero-order valence-corrected chi connectivity index (χ0v) is 18.7. The van der Waals surface area contributed by atoms with Crippen molar-refractivity contribution in [3.8, 4) is 11.5 Å². The van der Waals surface area contributed by atoms with Gasteiger partial charge >= 0.3 is 0 Å². The van der Waals surface area contributed by atoms with Gasteiger partial charge in [0, 0.05) is 25.4 Å². The van der Waals surface area contributed by atoms with Gasteiger partial charge in [-0.15, -0.1) is 6.58 Å². The smallest absolute Gasteiger partial charge is 0.223 e. The molecule has 0 saturated carbocycles. The Hall–Kier alpha value is -3.54. The lowest BCUT2D eigenvalue weighted by atomic mass is 10.1. The second-order valence-corrected chi connectivity index (χ2v) is 7.86. The van der Waals surface area contributed by atoms with Gasteiger partial charge in [-0.1, -0.05) is 36.4 Å². The summed E-state index contributed by atoms with van der Waals surface area (Å²) in [6.07, 6.45) is 6.25. The van der Waals surface area contributed by atoms with Gasteiger partial charge in [-0.25, -0.2) is 4.98 Å². The molecule has 0 aliphatic carbocycles. The first-order valence-corrected chi connectivity index (χ1v) is 10.9. The summed E-state index contributed by atoms with van der Waals surface area (Å²) >= 11 is 0. The van der Waals surface area contributed by atoms with Crippen LogP contribution in [0.25, 0.3) is 17.1 Å². The third-order valence-corrected chi connectivity index (χ3v) is 5.73. The van der Waals surface area contributed by atoms with Crippen LogP contribution in [0.5, 0.6) is 11.5 Å². The van der Waals surface area contributed by atoms with Crippen molar-refractivity contribution in [1.82, 2.24) is 14.5 Å². The number of allylic oxidation sites excluding steroid dienone is 1. The van der Waals surface area contributed by atoms with E-state index in [9.17, 15) is 4.79 Å². The van der Waals surface area contributed by atoms with E-state index in [-0.39, 0.29) is 11.8 Å². The Bertz CT molecular complexity index is 1150. The van der Waals surface area contributed by atoms with Crippen molar-refractivity contribution in [1.29, 1.82) is 0 Å². The largest absolute Gasteiger partial charge is 0.493 e. The molecule has 1 atom stereocenters. The topological polar surface area (TPSA) is 56.6 Å². The number of aromatic nitrogens is 2. The second kappa shape index (κ2) is 9.73. The lowest BCUT2D eigenvalue weighted by molar-refractivity contribution is -0.127. The predicted molar refractivity (Wildman–Crippen MR) is 127 cm³/mol. The minimum absolute atomic E-state index is 0.0597. The monoisotopic (exact) mass is 431 g/mol. The summed E-state index contributed by atoms with van der Waals surface area (Å²) in [6, 6.07) is 14.0. The summed E-state index contributed by atoms with van der Waals surface area (Å²) in [7, 11) is 1.65. The van der Waals surface area contributed by atoms with Crippen LogP contribution in [0.2, 0.25) is 0 Å². The van der Waals surface area contributed by atoms with E-state index >= 15 is 0 Å². The van der Waals surface area contributed by atoms with Crippen molar-refractivity contribution >= 4 is 23.0 Å². The van der Waals surface area contributed by atoms with Gasteiger partial charge in [0.05, 0.1) is 24.7 Å². The van der Waals surface area contributed by atoms with E-state index in [2.05, 4.69) is 17.2 Å². The number of methoxy groups -OCH3 is 1. The predicted octanol–water partition coefficient (Wildman–Crippen LogP) is 4.66. The Balaban J connectivity index is 1.55. The minimum Gasteiger partial charge on any atom is -0.493 e. The first-order valence-electron chi connectivity index (χ1n) is 10.9. The molecule has 6 nitrogen and oxygen atoms in total. The number of amides is 1. The Morgan fingerprint density at radius 2 is 2.06 bits per heavy atom. The molecule has 0 bridgehead atoms. The standard InChI is InChI=1S/C26H29N3O3/c1-4-8-19-11-12-23(24(16-19)31-3)32-15-14-29-22-10-7-6-9-21(22)27-26(29)20-17-25(30)28(18-20)13-5-2/h4-12,16,20H,2,13-15,17-18H2,1,3H3/b8-4-. The molecule has 1 aromatic heterocycles. The number of rotatable bonds is 9. The Kier molecular flexibility index (Phi) is 6.59. The van der Waals surface area contributed by atoms with E-state index in [1.807, 2.05) is 60.4 Å². The molecule has 32 heavy (non-hydrogen) atoms. The van der Waals surface area contributed by atoms with E-state index in [1.54, 1.807) is 13.2 Å². The van der Waals surface area contributed by atoms with Crippen LogP contribution >= 0.6 is 0 Å². The zero-order valence-electron chi connectivity index (χ0n) is 18.7. The van der Waals surface area contributed by atoms with Gasteiger partial charge in [0.25, 0.3) is 0 Å². The first kappa shape index (κ1) is 21.7. The van der Waals surface area contributed by atoms with Crippen molar-refractivity contribution in [3.63, 3.8) is 0 Å². The average molecular weight is 432 g/mol. The molecule has 1 saturated heterocycles. The van der Waals surface area contributed by atoms with Crippen LogP contribution in [-0.2, 0) is 11.3 Å². The fourth-order valence-electron chi connectivity index (χ4n) is 4.26. The van der Waals surface area contributed by atoms with E-state index in [1.165, 1.54) is 0 Å². The molecule has 1 fully saturated rings. The van der Waals surface area contributed by atoms with Gasteiger partial charge in [0.2, 0.25) is 5.91 Å². The number of imidazole rings is 1. The lowest BCUT2D eigenvalue weighted by Gasteiger charge is -2.16. The van der Waals surface area contributed by atoms with Gasteiger partial charge < -0.3 is 18.9 Å². The maximum absolute atomic E-state index is 12.4. The molecule has 0 N–H and O–H groups in total.